The maximum atomic E-state index is 10.3. The van der Waals surface area contributed by atoms with Crippen LogP contribution in [0.1, 0.15) is 43.8 Å². The molecule has 2 aliphatic rings. The van der Waals surface area contributed by atoms with Gasteiger partial charge in [-0.1, -0.05) is 6.42 Å². The molecule has 0 aliphatic heterocycles. The predicted octanol–water partition coefficient (Wildman–Crippen LogP) is 2.95. The van der Waals surface area contributed by atoms with Crippen molar-refractivity contribution in [1.29, 1.82) is 0 Å². The van der Waals surface area contributed by atoms with Crippen LogP contribution in [0.25, 0.3) is 0 Å². The molecule has 2 saturated carbocycles. The van der Waals surface area contributed by atoms with Gasteiger partial charge in [0.1, 0.15) is 0 Å². The van der Waals surface area contributed by atoms with Crippen molar-refractivity contribution >= 4 is 0 Å². The Balaban J connectivity index is 1.62. The van der Waals surface area contributed by atoms with Gasteiger partial charge in [0.25, 0.3) is 0 Å². The molecule has 1 N–H and O–H groups in total. The average molecular weight is 247 g/mol. The lowest BCUT2D eigenvalue weighted by molar-refractivity contribution is 0.125. The van der Waals surface area contributed by atoms with Crippen molar-refractivity contribution in [2.24, 2.45) is 17.8 Å². The first-order chi connectivity index (χ1) is 8.76. The molecular formula is C15H21NO2. The number of aliphatic hydroxyl groups excluding tert-OH is 1. The van der Waals surface area contributed by atoms with Crippen LogP contribution < -0.4 is 4.74 Å². The van der Waals surface area contributed by atoms with E-state index in [4.69, 9.17) is 4.74 Å². The summed E-state index contributed by atoms with van der Waals surface area (Å²) in [6.07, 6.45) is 7.78. The quantitative estimate of drug-likeness (QED) is 0.889. The van der Waals surface area contributed by atoms with Gasteiger partial charge in [-0.2, -0.15) is 0 Å². The second kappa shape index (κ2) is 4.88. The summed E-state index contributed by atoms with van der Waals surface area (Å²) in [5, 5.41) is 10.3. The summed E-state index contributed by atoms with van der Waals surface area (Å²) in [5.41, 5.74) is 0.915. The highest BCUT2D eigenvalue weighted by molar-refractivity contribution is 5.19. The predicted molar refractivity (Wildman–Crippen MR) is 69.3 cm³/mol. The molecule has 0 radical (unpaired) electrons. The first-order valence-corrected chi connectivity index (χ1v) is 6.94. The molecule has 0 spiro atoms. The highest BCUT2D eigenvalue weighted by Crippen LogP contribution is 2.50. The molecule has 3 heteroatoms. The molecule has 4 unspecified atom stereocenters. The average Bonchev–Trinajstić information content (AvgIpc) is 3.01. The molecule has 1 aromatic heterocycles. The normalized spacial score (nSPS) is 31.6. The summed E-state index contributed by atoms with van der Waals surface area (Å²) < 4.78 is 5.03. The molecule has 0 aromatic carbocycles. The monoisotopic (exact) mass is 247 g/mol. The molecule has 2 bridgehead atoms. The molecular weight excluding hydrogens is 226 g/mol. The van der Waals surface area contributed by atoms with E-state index >= 15 is 0 Å². The molecule has 1 aromatic rings. The van der Waals surface area contributed by atoms with Crippen molar-refractivity contribution in [3.05, 3.63) is 23.9 Å². The zero-order valence-corrected chi connectivity index (χ0v) is 10.9. The number of hydrogen-bond donors (Lipinski definition) is 1. The van der Waals surface area contributed by atoms with Crippen LogP contribution in [0.2, 0.25) is 0 Å². The molecule has 98 valence electrons. The Labute approximate surface area is 108 Å². The molecule has 0 saturated heterocycles. The van der Waals surface area contributed by atoms with Gasteiger partial charge in [-0.25, -0.2) is 4.98 Å². The Bertz CT molecular complexity index is 403. The minimum absolute atomic E-state index is 0.368. The molecule has 0 amide bonds. The van der Waals surface area contributed by atoms with Gasteiger partial charge < -0.3 is 9.84 Å². The fraction of sp³-hybridized carbons (Fsp3) is 0.667. The van der Waals surface area contributed by atoms with Crippen molar-refractivity contribution in [3.63, 3.8) is 0 Å². The number of methoxy groups -OCH3 is 1. The number of aromatic nitrogens is 1. The third-order valence-corrected chi connectivity index (χ3v) is 4.76. The largest absolute Gasteiger partial charge is 0.481 e. The minimum Gasteiger partial charge on any atom is -0.481 e. The van der Waals surface area contributed by atoms with Crippen molar-refractivity contribution < 1.29 is 9.84 Å². The molecule has 18 heavy (non-hydrogen) atoms. The third kappa shape index (κ3) is 2.24. The maximum absolute atomic E-state index is 10.3. The second-order valence-electron chi connectivity index (χ2n) is 5.82. The third-order valence-electron chi connectivity index (χ3n) is 4.76. The lowest BCUT2D eigenvalue weighted by atomic mass is 9.84. The maximum Gasteiger partial charge on any atom is 0.212 e. The SMILES string of the molecule is COc1ccc(C(O)CC2CC3CCC2C3)cn1. The molecule has 2 fully saturated rings. The second-order valence-corrected chi connectivity index (χ2v) is 5.82. The van der Waals surface area contributed by atoms with Crippen LogP contribution >= 0.6 is 0 Å². The van der Waals surface area contributed by atoms with E-state index in [0.29, 0.717) is 5.88 Å². The van der Waals surface area contributed by atoms with Gasteiger partial charge in [-0.15, -0.1) is 0 Å². The van der Waals surface area contributed by atoms with E-state index in [9.17, 15) is 5.11 Å². The van der Waals surface area contributed by atoms with Crippen molar-refractivity contribution in [2.45, 2.75) is 38.2 Å². The van der Waals surface area contributed by atoms with Crippen molar-refractivity contribution in [1.82, 2.24) is 4.98 Å². The van der Waals surface area contributed by atoms with E-state index in [1.165, 1.54) is 25.7 Å². The van der Waals surface area contributed by atoms with E-state index < -0.39 is 0 Å². The van der Waals surface area contributed by atoms with E-state index in [1.807, 2.05) is 12.1 Å². The number of ether oxygens (including phenoxy) is 1. The number of fused-ring (bicyclic) bond motifs is 2. The van der Waals surface area contributed by atoms with Crippen LogP contribution in [0.15, 0.2) is 18.3 Å². The summed E-state index contributed by atoms with van der Waals surface area (Å²) in [4.78, 5) is 4.16. The molecule has 3 nitrogen and oxygen atoms in total. The zero-order valence-electron chi connectivity index (χ0n) is 10.9. The summed E-state index contributed by atoms with van der Waals surface area (Å²) in [6, 6.07) is 3.74. The van der Waals surface area contributed by atoms with Gasteiger partial charge in [0, 0.05) is 12.3 Å². The van der Waals surface area contributed by atoms with E-state index in [1.54, 1.807) is 13.3 Å². The van der Waals surface area contributed by atoms with E-state index in [-0.39, 0.29) is 6.10 Å². The van der Waals surface area contributed by atoms with E-state index in [2.05, 4.69) is 4.98 Å². The fourth-order valence-electron chi connectivity index (χ4n) is 3.80. The van der Waals surface area contributed by atoms with Crippen molar-refractivity contribution in [2.75, 3.05) is 7.11 Å². The number of hydrogen-bond acceptors (Lipinski definition) is 3. The Kier molecular flexibility index (Phi) is 3.25. The molecule has 3 rings (SSSR count). The van der Waals surface area contributed by atoms with E-state index in [0.717, 1.165) is 29.7 Å². The van der Waals surface area contributed by atoms with Gasteiger partial charge in [0.2, 0.25) is 5.88 Å². The summed E-state index contributed by atoms with van der Waals surface area (Å²) in [5.74, 6) is 3.14. The Hall–Kier alpha value is -1.09. The Morgan fingerprint density at radius 1 is 1.39 bits per heavy atom. The van der Waals surface area contributed by atoms with Crippen LogP contribution in [-0.2, 0) is 0 Å². The number of pyridine rings is 1. The standard InChI is InChI=1S/C15H21NO2/c1-18-15-5-4-12(9-16-15)14(17)8-13-7-10-2-3-11(13)6-10/h4-5,9-11,13-14,17H,2-3,6-8H2,1H3. The smallest absolute Gasteiger partial charge is 0.212 e. The first-order valence-electron chi connectivity index (χ1n) is 6.94. The number of nitrogens with zero attached hydrogens (tertiary/aromatic N) is 1. The summed E-state index contributed by atoms with van der Waals surface area (Å²) >= 11 is 0. The van der Waals surface area contributed by atoms with Crippen LogP contribution in [0, 0.1) is 17.8 Å². The zero-order chi connectivity index (χ0) is 12.5. The molecule has 2 aliphatic carbocycles. The number of aliphatic hydroxyl groups is 1. The molecule has 1 heterocycles. The minimum atomic E-state index is -0.368. The summed E-state index contributed by atoms with van der Waals surface area (Å²) in [6.45, 7) is 0. The highest BCUT2D eigenvalue weighted by atomic mass is 16.5. The van der Waals surface area contributed by atoms with Gasteiger partial charge >= 0.3 is 0 Å². The Morgan fingerprint density at radius 3 is 2.83 bits per heavy atom. The van der Waals surface area contributed by atoms with Crippen LogP contribution in [0.3, 0.4) is 0 Å². The lowest BCUT2D eigenvalue weighted by Crippen LogP contribution is -2.14. The van der Waals surface area contributed by atoms with Crippen LogP contribution in [-0.4, -0.2) is 17.2 Å². The van der Waals surface area contributed by atoms with Gasteiger partial charge in [-0.05, 0) is 55.1 Å². The first kappa shape index (κ1) is 12.0. The van der Waals surface area contributed by atoms with Gasteiger partial charge in [0.15, 0.2) is 0 Å². The van der Waals surface area contributed by atoms with Gasteiger partial charge in [-0.3, -0.25) is 0 Å². The topological polar surface area (TPSA) is 42.4 Å². The van der Waals surface area contributed by atoms with Crippen LogP contribution in [0.5, 0.6) is 5.88 Å². The van der Waals surface area contributed by atoms with Gasteiger partial charge in [0.05, 0.1) is 13.2 Å². The lowest BCUT2D eigenvalue weighted by Gasteiger charge is -2.24. The fourth-order valence-corrected chi connectivity index (χ4v) is 3.80. The van der Waals surface area contributed by atoms with Crippen LogP contribution in [0.4, 0.5) is 0 Å². The Morgan fingerprint density at radius 2 is 2.28 bits per heavy atom. The summed E-state index contributed by atoms with van der Waals surface area (Å²) in [7, 11) is 1.60. The van der Waals surface area contributed by atoms with Crippen molar-refractivity contribution in [3.8, 4) is 5.88 Å². The molecule has 4 atom stereocenters. The number of rotatable bonds is 4. The highest BCUT2D eigenvalue weighted by Gasteiger charge is 2.40.